The third-order valence-electron chi connectivity index (χ3n) is 4.03. The molecule has 1 aliphatic rings. The summed E-state index contributed by atoms with van der Waals surface area (Å²) in [6, 6.07) is 5.52. The number of nitrogens with zero attached hydrogens (tertiary/aromatic N) is 2. The maximum Gasteiger partial charge on any atom is 0.241 e. The molecule has 126 valence electrons. The van der Waals surface area contributed by atoms with Crippen LogP contribution in [-0.4, -0.2) is 55.3 Å². The summed E-state index contributed by atoms with van der Waals surface area (Å²) in [4.78, 5) is 27.6. The van der Waals surface area contributed by atoms with Gasteiger partial charge >= 0.3 is 0 Å². The van der Waals surface area contributed by atoms with Crippen molar-refractivity contribution < 1.29 is 14.0 Å². The average molecular weight is 321 g/mol. The molecule has 6 heteroatoms. The Morgan fingerprint density at radius 1 is 1.35 bits per heavy atom. The molecule has 0 unspecified atom stereocenters. The Kier molecular flexibility index (Phi) is 6.10. The van der Waals surface area contributed by atoms with E-state index in [9.17, 15) is 14.0 Å². The van der Waals surface area contributed by atoms with Crippen LogP contribution in [0.3, 0.4) is 0 Å². The first-order valence-electron chi connectivity index (χ1n) is 7.96. The van der Waals surface area contributed by atoms with Crippen molar-refractivity contribution in [2.24, 2.45) is 0 Å². The zero-order valence-corrected chi connectivity index (χ0v) is 13.7. The normalized spacial score (nSPS) is 16.0. The summed E-state index contributed by atoms with van der Waals surface area (Å²) in [5.74, 6) is -0.231. The second-order valence-electron chi connectivity index (χ2n) is 6.05. The lowest BCUT2D eigenvalue weighted by Crippen LogP contribution is -2.38. The van der Waals surface area contributed by atoms with Crippen LogP contribution in [0, 0.1) is 5.82 Å². The predicted octanol–water partition coefficient (Wildman–Crippen LogP) is 1.56. The molecule has 1 heterocycles. The zero-order valence-electron chi connectivity index (χ0n) is 13.7. The monoisotopic (exact) mass is 321 g/mol. The number of benzene rings is 1. The van der Waals surface area contributed by atoms with Gasteiger partial charge in [-0.05, 0) is 44.6 Å². The Morgan fingerprint density at radius 2 is 2.04 bits per heavy atom. The van der Waals surface area contributed by atoms with E-state index >= 15 is 0 Å². The van der Waals surface area contributed by atoms with Crippen LogP contribution < -0.4 is 5.32 Å². The number of likely N-dealkylation sites (tertiary alicyclic amines) is 1. The van der Waals surface area contributed by atoms with Gasteiger partial charge in [0.15, 0.2) is 0 Å². The van der Waals surface area contributed by atoms with Crippen molar-refractivity contribution in [2.45, 2.75) is 25.3 Å². The van der Waals surface area contributed by atoms with E-state index in [4.69, 9.17) is 0 Å². The van der Waals surface area contributed by atoms with E-state index in [0.29, 0.717) is 19.5 Å². The summed E-state index contributed by atoms with van der Waals surface area (Å²) in [7, 11) is 3.63. The maximum absolute atomic E-state index is 13.0. The van der Waals surface area contributed by atoms with Crippen LogP contribution in [0.25, 0.3) is 0 Å². The molecule has 1 atom stereocenters. The van der Waals surface area contributed by atoms with Crippen LogP contribution in [0.15, 0.2) is 24.3 Å². The molecule has 1 saturated heterocycles. The summed E-state index contributed by atoms with van der Waals surface area (Å²) in [6.07, 6.45) is 2.30. The SMILES string of the molecule is CN(C)[C@H](C(=O)NCCCN1CCCC1=O)c1ccc(F)cc1. The topological polar surface area (TPSA) is 52.7 Å². The van der Waals surface area contributed by atoms with Gasteiger partial charge in [0.25, 0.3) is 0 Å². The summed E-state index contributed by atoms with van der Waals surface area (Å²) < 4.78 is 13.0. The fourth-order valence-corrected chi connectivity index (χ4v) is 2.85. The summed E-state index contributed by atoms with van der Waals surface area (Å²) in [5.41, 5.74) is 0.753. The Balaban J connectivity index is 1.84. The molecule has 0 aliphatic carbocycles. The number of nitrogens with one attached hydrogen (secondary N) is 1. The first-order chi connectivity index (χ1) is 11.0. The molecule has 1 aromatic rings. The van der Waals surface area contributed by atoms with E-state index in [1.165, 1.54) is 12.1 Å². The van der Waals surface area contributed by atoms with Crippen LogP contribution in [0.2, 0.25) is 0 Å². The maximum atomic E-state index is 13.0. The fraction of sp³-hybridized carbons (Fsp3) is 0.529. The molecule has 2 rings (SSSR count). The standard InChI is InChI=1S/C17H24FN3O2/c1-20(2)16(13-6-8-14(18)9-7-13)17(23)19-10-4-12-21-11-3-5-15(21)22/h6-9,16H,3-5,10-12H2,1-2H3,(H,19,23)/t16-/m0/s1. The number of carbonyl (C=O) groups excluding carboxylic acids is 2. The molecular weight excluding hydrogens is 297 g/mol. The van der Waals surface area contributed by atoms with Gasteiger partial charge in [-0.3, -0.25) is 14.5 Å². The molecule has 1 fully saturated rings. The first-order valence-corrected chi connectivity index (χ1v) is 7.96. The molecule has 0 saturated carbocycles. The largest absolute Gasteiger partial charge is 0.354 e. The van der Waals surface area contributed by atoms with E-state index in [-0.39, 0.29) is 17.6 Å². The van der Waals surface area contributed by atoms with Crippen molar-refractivity contribution in [1.82, 2.24) is 15.1 Å². The van der Waals surface area contributed by atoms with Gasteiger partial charge in [0, 0.05) is 26.1 Å². The van der Waals surface area contributed by atoms with Gasteiger partial charge in [0.2, 0.25) is 11.8 Å². The van der Waals surface area contributed by atoms with Gasteiger partial charge in [0.05, 0.1) is 0 Å². The minimum Gasteiger partial charge on any atom is -0.354 e. The molecule has 5 nitrogen and oxygen atoms in total. The third-order valence-corrected chi connectivity index (χ3v) is 4.03. The van der Waals surface area contributed by atoms with Crippen molar-refractivity contribution in [3.05, 3.63) is 35.6 Å². The highest BCUT2D eigenvalue weighted by atomic mass is 19.1. The van der Waals surface area contributed by atoms with E-state index in [2.05, 4.69) is 5.32 Å². The van der Waals surface area contributed by atoms with Crippen LogP contribution in [0.4, 0.5) is 4.39 Å². The lowest BCUT2D eigenvalue weighted by atomic mass is 10.1. The highest BCUT2D eigenvalue weighted by molar-refractivity contribution is 5.83. The number of hydrogen-bond donors (Lipinski definition) is 1. The second-order valence-corrected chi connectivity index (χ2v) is 6.05. The van der Waals surface area contributed by atoms with Crippen LogP contribution in [0.1, 0.15) is 30.9 Å². The van der Waals surface area contributed by atoms with Gasteiger partial charge in [-0.2, -0.15) is 0 Å². The van der Waals surface area contributed by atoms with Crippen LogP contribution >= 0.6 is 0 Å². The summed E-state index contributed by atoms with van der Waals surface area (Å²) in [5, 5.41) is 2.90. The summed E-state index contributed by atoms with van der Waals surface area (Å²) in [6.45, 7) is 2.03. The van der Waals surface area contributed by atoms with Crippen molar-refractivity contribution >= 4 is 11.8 Å². The highest BCUT2D eigenvalue weighted by Crippen LogP contribution is 2.18. The fourth-order valence-electron chi connectivity index (χ4n) is 2.85. The molecule has 0 radical (unpaired) electrons. The molecule has 1 N–H and O–H groups in total. The van der Waals surface area contributed by atoms with Gasteiger partial charge in [-0.1, -0.05) is 12.1 Å². The summed E-state index contributed by atoms with van der Waals surface area (Å²) >= 11 is 0. The quantitative estimate of drug-likeness (QED) is 0.776. The molecule has 0 spiro atoms. The Labute approximate surface area is 136 Å². The first kappa shape index (κ1) is 17.4. The zero-order chi connectivity index (χ0) is 16.8. The number of halogens is 1. The lowest BCUT2D eigenvalue weighted by molar-refractivity contribution is -0.127. The minimum atomic E-state index is -0.455. The van der Waals surface area contributed by atoms with Gasteiger partial charge in [-0.15, -0.1) is 0 Å². The highest BCUT2D eigenvalue weighted by Gasteiger charge is 2.23. The smallest absolute Gasteiger partial charge is 0.241 e. The molecule has 2 amide bonds. The van der Waals surface area contributed by atoms with E-state index in [1.54, 1.807) is 17.0 Å². The van der Waals surface area contributed by atoms with E-state index < -0.39 is 6.04 Å². The number of hydrogen-bond acceptors (Lipinski definition) is 3. The van der Waals surface area contributed by atoms with Crippen molar-refractivity contribution in [1.29, 1.82) is 0 Å². The number of carbonyl (C=O) groups is 2. The molecular formula is C17H24FN3O2. The Bertz CT molecular complexity index is 545. The Morgan fingerprint density at radius 3 is 2.61 bits per heavy atom. The number of amides is 2. The predicted molar refractivity (Wildman–Crippen MR) is 86.3 cm³/mol. The second kappa shape index (κ2) is 8.06. The van der Waals surface area contributed by atoms with Gasteiger partial charge in [-0.25, -0.2) is 4.39 Å². The van der Waals surface area contributed by atoms with Crippen molar-refractivity contribution in [3.8, 4) is 0 Å². The molecule has 0 aromatic heterocycles. The third kappa shape index (κ3) is 4.76. The minimum absolute atomic E-state index is 0.116. The van der Waals surface area contributed by atoms with Gasteiger partial charge < -0.3 is 10.2 Å². The average Bonchev–Trinajstić information content (AvgIpc) is 2.91. The van der Waals surface area contributed by atoms with Crippen LogP contribution in [-0.2, 0) is 9.59 Å². The number of rotatable bonds is 7. The van der Waals surface area contributed by atoms with Crippen LogP contribution in [0.5, 0.6) is 0 Å². The lowest BCUT2D eigenvalue weighted by Gasteiger charge is -2.24. The Hall–Kier alpha value is -1.95. The molecule has 1 aliphatic heterocycles. The van der Waals surface area contributed by atoms with E-state index in [0.717, 1.165) is 24.9 Å². The van der Waals surface area contributed by atoms with Crippen molar-refractivity contribution in [2.75, 3.05) is 33.7 Å². The molecule has 23 heavy (non-hydrogen) atoms. The number of likely N-dealkylation sites (N-methyl/N-ethyl adjacent to an activating group) is 1. The molecule has 0 bridgehead atoms. The van der Waals surface area contributed by atoms with E-state index in [1.807, 2.05) is 19.0 Å². The molecule has 1 aromatic carbocycles. The van der Waals surface area contributed by atoms with Crippen molar-refractivity contribution in [3.63, 3.8) is 0 Å². The van der Waals surface area contributed by atoms with Gasteiger partial charge in [0.1, 0.15) is 11.9 Å².